The summed E-state index contributed by atoms with van der Waals surface area (Å²) in [6, 6.07) is 16.5. The van der Waals surface area contributed by atoms with E-state index in [1.165, 1.54) is 43.2 Å². The van der Waals surface area contributed by atoms with Crippen LogP contribution in [0, 0.1) is 11.8 Å². The number of halogens is 1. The zero-order chi connectivity index (χ0) is 19.5. The van der Waals surface area contributed by atoms with Crippen molar-refractivity contribution in [3.8, 4) is 0 Å². The van der Waals surface area contributed by atoms with Crippen LogP contribution >= 0.6 is 12.4 Å². The number of aromatic nitrogens is 1. The number of nitrogens with zero attached hydrogens (tertiary/aromatic N) is 2. The van der Waals surface area contributed by atoms with Gasteiger partial charge in [-0.2, -0.15) is 0 Å². The van der Waals surface area contributed by atoms with Gasteiger partial charge < -0.3 is 4.90 Å². The quantitative estimate of drug-likeness (QED) is 0.438. The predicted molar refractivity (Wildman–Crippen MR) is 125 cm³/mol. The second-order valence-electron chi connectivity index (χ2n) is 8.78. The molecule has 1 saturated heterocycles. The Morgan fingerprint density at radius 2 is 1.41 bits per heavy atom. The summed E-state index contributed by atoms with van der Waals surface area (Å²) < 4.78 is 1.93. The molecule has 0 saturated carbocycles. The van der Waals surface area contributed by atoms with Crippen molar-refractivity contribution in [1.82, 2.24) is 9.47 Å². The summed E-state index contributed by atoms with van der Waals surface area (Å²) in [5.41, 5.74) is 2.06. The van der Waals surface area contributed by atoms with Crippen LogP contribution in [0.15, 0.2) is 48.5 Å². The Morgan fingerprint density at radius 3 is 2.00 bits per heavy atom. The molecule has 3 aromatic rings. The first kappa shape index (κ1) is 21.9. The number of rotatable bonds is 6. The van der Waals surface area contributed by atoms with Gasteiger partial charge >= 0.3 is 0 Å². The van der Waals surface area contributed by atoms with Crippen LogP contribution in [0.2, 0.25) is 0 Å². The molecular weight excluding hydrogens is 380 g/mol. The summed E-state index contributed by atoms with van der Waals surface area (Å²) >= 11 is 0. The maximum atomic E-state index is 13.0. The van der Waals surface area contributed by atoms with Crippen LogP contribution < -0.4 is 0 Å². The van der Waals surface area contributed by atoms with E-state index in [0.717, 1.165) is 35.7 Å². The third-order valence-electron chi connectivity index (χ3n) is 6.14. The highest BCUT2D eigenvalue weighted by atomic mass is 35.5. The molecule has 1 aromatic heterocycles. The first-order valence-corrected chi connectivity index (χ1v) is 10.9. The van der Waals surface area contributed by atoms with Crippen molar-refractivity contribution in [1.29, 1.82) is 0 Å². The SMILES string of the molecule is CC1CC(C)CN(CCCCCC(=O)n2c3ccccc3c3ccccc32)C1.Cl. The van der Waals surface area contributed by atoms with Crippen molar-refractivity contribution >= 4 is 40.1 Å². The van der Waals surface area contributed by atoms with E-state index >= 15 is 0 Å². The number of hydrogen-bond donors (Lipinski definition) is 0. The zero-order valence-electron chi connectivity index (χ0n) is 17.6. The Morgan fingerprint density at radius 1 is 0.862 bits per heavy atom. The second kappa shape index (κ2) is 9.77. The molecule has 2 heterocycles. The number of unbranched alkanes of at least 4 members (excludes halogenated alkanes) is 2. The molecule has 1 fully saturated rings. The van der Waals surface area contributed by atoms with Crippen molar-refractivity contribution in [2.75, 3.05) is 19.6 Å². The molecule has 0 bridgehead atoms. The standard InChI is InChI=1S/C25H32N2O.ClH/c1-19-16-20(2)18-26(17-19)15-9-3-4-14-25(28)27-23-12-7-5-10-21(23)22-11-6-8-13-24(22)27;/h5-8,10-13,19-20H,3-4,9,14-18H2,1-2H3;1H. The third kappa shape index (κ3) is 4.84. The molecule has 2 atom stereocenters. The van der Waals surface area contributed by atoms with E-state index in [2.05, 4.69) is 43.0 Å². The van der Waals surface area contributed by atoms with Crippen LogP contribution in [0.1, 0.15) is 50.7 Å². The number of hydrogen-bond acceptors (Lipinski definition) is 2. The van der Waals surface area contributed by atoms with Gasteiger partial charge in [-0.05, 0) is 49.8 Å². The molecule has 4 rings (SSSR count). The van der Waals surface area contributed by atoms with E-state index in [4.69, 9.17) is 0 Å². The molecule has 3 nitrogen and oxygen atoms in total. The summed E-state index contributed by atoms with van der Waals surface area (Å²) in [6.07, 6.45) is 5.28. The molecule has 0 amide bonds. The fourth-order valence-electron chi connectivity index (χ4n) is 5.07. The summed E-state index contributed by atoms with van der Waals surface area (Å²) in [4.78, 5) is 15.7. The smallest absolute Gasteiger partial charge is 0.231 e. The fourth-order valence-corrected chi connectivity index (χ4v) is 5.07. The van der Waals surface area contributed by atoms with Crippen LogP contribution in [0.4, 0.5) is 0 Å². The van der Waals surface area contributed by atoms with Crippen LogP contribution in [0.25, 0.3) is 21.8 Å². The predicted octanol–water partition coefficient (Wildman–Crippen LogP) is 6.39. The Hall–Kier alpha value is -1.84. The van der Waals surface area contributed by atoms with E-state index in [1.807, 2.05) is 28.8 Å². The number of para-hydroxylation sites is 2. The van der Waals surface area contributed by atoms with Crippen molar-refractivity contribution in [3.05, 3.63) is 48.5 Å². The lowest BCUT2D eigenvalue weighted by Crippen LogP contribution is -2.39. The molecule has 156 valence electrons. The maximum absolute atomic E-state index is 13.0. The Bertz CT molecular complexity index is 901. The normalized spacial score (nSPS) is 20.1. The topological polar surface area (TPSA) is 25.2 Å². The third-order valence-corrected chi connectivity index (χ3v) is 6.14. The van der Waals surface area contributed by atoms with Crippen LogP contribution in [-0.2, 0) is 0 Å². The summed E-state index contributed by atoms with van der Waals surface area (Å²) in [5, 5.41) is 2.33. The maximum Gasteiger partial charge on any atom is 0.231 e. The largest absolute Gasteiger partial charge is 0.303 e. The van der Waals surface area contributed by atoms with E-state index in [9.17, 15) is 4.79 Å². The number of benzene rings is 2. The highest BCUT2D eigenvalue weighted by Gasteiger charge is 2.21. The van der Waals surface area contributed by atoms with E-state index in [-0.39, 0.29) is 18.3 Å². The average molecular weight is 413 g/mol. The molecule has 0 spiro atoms. The summed E-state index contributed by atoms with van der Waals surface area (Å²) in [6.45, 7) is 8.40. The first-order chi connectivity index (χ1) is 13.6. The number of carbonyl (C=O) groups excluding carboxylic acids is 1. The number of carbonyl (C=O) groups is 1. The molecule has 0 aliphatic carbocycles. The lowest BCUT2D eigenvalue weighted by molar-refractivity contribution is 0.0908. The molecule has 2 aromatic carbocycles. The fraction of sp³-hybridized carbons (Fsp3) is 0.480. The Labute approximate surface area is 180 Å². The second-order valence-corrected chi connectivity index (χ2v) is 8.78. The van der Waals surface area contributed by atoms with Crippen molar-refractivity contribution < 1.29 is 4.79 Å². The van der Waals surface area contributed by atoms with Gasteiger partial charge in [-0.25, -0.2) is 0 Å². The van der Waals surface area contributed by atoms with Crippen LogP contribution in [0.5, 0.6) is 0 Å². The van der Waals surface area contributed by atoms with Gasteiger partial charge in [-0.1, -0.05) is 56.7 Å². The summed E-state index contributed by atoms with van der Waals surface area (Å²) in [7, 11) is 0. The molecule has 1 aliphatic rings. The Kier molecular flexibility index (Phi) is 7.37. The van der Waals surface area contributed by atoms with Gasteiger partial charge in [0.2, 0.25) is 5.91 Å². The molecule has 4 heteroatoms. The molecule has 0 N–H and O–H groups in total. The van der Waals surface area contributed by atoms with Gasteiger partial charge in [0.1, 0.15) is 0 Å². The van der Waals surface area contributed by atoms with E-state index < -0.39 is 0 Å². The van der Waals surface area contributed by atoms with Gasteiger partial charge in [0.05, 0.1) is 11.0 Å². The highest BCUT2D eigenvalue weighted by molar-refractivity contribution is 6.13. The van der Waals surface area contributed by atoms with Crippen molar-refractivity contribution in [2.45, 2.75) is 46.0 Å². The number of piperidine rings is 1. The van der Waals surface area contributed by atoms with Gasteiger partial charge in [0, 0.05) is 30.3 Å². The number of fused-ring (bicyclic) bond motifs is 3. The number of likely N-dealkylation sites (tertiary alicyclic amines) is 1. The molecule has 0 radical (unpaired) electrons. The van der Waals surface area contributed by atoms with Gasteiger partial charge in [0.25, 0.3) is 0 Å². The zero-order valence-corrected chi connectivity index (χ0v) is 18.5. The molecule has 29 heavy (non-hydrogen) atoms. The first-order valence-electron chi connectivity index (χ1n) is 10.9. The van der Waals surface area contributed by atoms with Crippen LogP contribution in [0.3, 0.4) is 0 Å². The highest BCUT2D eigenvalue weighted by Crippen LogP contribution is 2.29. The average Bonchev–Trinajstić information content (AvgIpc) is 3.01. The van der Waals surface area contributed by atoms with Crippen molar-refractivity contribution in [3.63, 3.8) is 0 Å². The minimum Gasteiger partial charge on any atom is -0.303 e. The lowest BCUT2D eigenvalue weighted by atomic mass is 9.92. The molecule has 1 aliphatic heterocycles. The van der Waals surface area contributed by atoms with Crippen molar-refractivity contribution in [2.24, 2.45) is 11.8 Å². The van der Waals surface area contributed by atoms with E-state index in [1.54, 1.807) is 0 Å². The molecular formula is C25H33ClN2O. The van der Waals surface area contributed by atoms with E-state index in [0.29, 0.717) is 6.42 Å². The monoisotopic (exact) mass is 412 g/mol. The minimum absolute atomic E-state index is 0. The van der Waals surface area contributed by atoms with Gasteiger partial charge in [0.15, 0.2) is 0 Å². The lowest BCUT2D eigenvalue weighted by Gasteiger charge is -2.34. The van der Waals surface area contributed by atoms with Crippen LogP contribution in [-0.4, -0.2) is 35.0 Å². The molecule has 2 unspecified atom stereocenters. The van der Waals surface area contributed by atoms with Gasteiger partial charge in [-0.3, -0.25) is 9.36 Å². The minimum atomic E-state index is 0. The summed E-state index contributed by atoms with van der Waals surface area (Å²) in [5.74, 6) is 1.86. The Balaban J connectivity index is 0.00000240. The van der Waals surface area contributed by atoms with Gasteiger partial charge in [-0.15, -0.1) is 12.4 Å².